The van der Waals surface area contributed by atoms with Crippen LogP contribution in [0.4, 0.5) is 20.2 Å². The first-order valence-corrected chi connectivity index (χ1v) is 7.33. The molecule has 3 rings (SSSR count). The Morgan fingerprint density at radius 2 is 2.08 bits per heavy atom. The molecule has 2 aromatic carbocycles. The van der Waals surface area contributed by atoms with Crippen LogP contribution in [0.25, 0.3) is 11.0 Å². The predicted octanol–water partition coefficient (Wildman–Crippen LogP) is 3.70. The summed E-state index contributed by atoms with van der Waals surface area (Å²) >= 11 is 0. The van der Waals surface area contributed by atoms with Crippen molar-refractivity contribution in [2.75, 3.05) is 5.32 Å². The molecule has 0 atom stereocenters. The summed E-state index contributed by atoms with van der Waals surface area (Å²) in [7, 11) is 1.87. The molecule has 0 spiro atoms. The number of benzene rings is 2. The van der Waals surface area contributed by atoms with Gasteiger partial charge in [-0.05, 0) is 18.2 Å². The number of aryl methyl sites for hydroxylation is 1. The number of fused-ring (bicyclic) bond motifs is 1. The second kappa shape index (κ2) is 6.71. The number of ether oxygens (including phenoxy) is 1. The third kappa shape index (κ3) is 3.49. The summed E-state index contributed by atoms with van der Waals surface area (Å²) in [6.07, 6.45) is 0. The number of halogens is 2. The number of anilines is 1. The van der Waals surface area contributed by atoms with E-state index in [1.807, 2.05) is 35.9 Å². The van der Waals surface area contributed by atoms with Crippen molar-refractivity contribution in [3.63, 3.8) is 0 Å². The molecule has 1 N–H and O–H groups in total. The quantitative estimate of drug-likeness (QED) is 0.543. The Bertz CT molecular complexity index is 927. The first-order valence-electron chi connectivity index (χ1n) is 7.33. The van der Waals surface area contributed by atoms with Crippen molar-refractivity contribution >= 4 is 22.4 Å². The van der Waals surface area contributed by atoms with Crippen LogP contribution in [0.2, 0.25) is 0 Å². The molecule has 0 unspecified atom stereocenters. The molecule has 0 aliphatic rings. The molecule has 130 valence electrons. The number of imidazole rings is 1. The van der Waals surface area contributed by atoms with Crippen LogP contribution in [0, 0.1) is 10.1 Å². The van der Waals surface area contributed by atoms with E-state index in [0.29, 0.717) is 12.2 Å². The molecule has 0 saturated heterocycles. The minimum atomic E-state index is -3.14. The lowest BCUT2D eigenvalue weighted by atomic mass is 10.2. The molecule has 25 heavy (non-hydrogen) atoms. The van der Waals surface area contributed by atoms with E-state index in [-0.39, 0.29) is 0 Å². The normalized spacial score (nSPS) is 11.0. The van der Waals surface area contributed by atoms with Gasteiger partial charge in [-0.15, -0.1) is 0 Å². The molecule has 9 heteroatoms. The van der Waals surface area contributed by atoms with Crippen molar-refractivity contribution in [3.8, 4) is 5.75 Å². The van der Waals surface area contributed by atoms with Gasteiger partial charge in [0.05, 0.1) is 22.5 Å². The zero-order valence-electron chi connectivity index (χ0n) is 13.1. The van der Waals surface area contributed by atoms with Gasteiger partial charge >= 0.3 is 12.3 Å². The van der Waals surface area contributed by atoms with Crippen LogP contribution >= 0.6 is 0 Å². The summed E-state index contributed by atoms with van der Waals surface area (Å²) in [6, 6.07) is 11.3. The molecule has 1 heterocycles. The summed E-state index contributed by atoms with van der Waals surface area (Å²) in [6.45, 7) is -2.83. The van der Waals surface area contributed by atoms with Gasteiger partial charge in [0.15, 0.2) is 0 Å². The van der Waals surface area contributed by atoms with Crippen LogP contribution < -0.4 is 10.1 Å². The lowest BCUT2D eigenvalue weighted by molar-refractivity contribution is -0.386. The minimum Gasteiger partial charge on any atom is -0.427 e. The van der Waals surface area contributed by atoms with E-state index in [4.69, 9.17) is 0 Å². The topological polar surface area (TPSA) is 82.2 Å². The van der Waals surface area contributed by atoms with Gasteiger partial charge in [0.1, 0.15) is 5.82 Å². The Morgan fingerprint density at radius 1 is 1.32 bits per heavy atom. The summed E-state index contributed by atoms with van der Waals surface area (Å²) < 4.78 is 31.0. The SMILES string of the molecule is Cn1c(CNc2ccc([N+](=O)[O-])c(OC(F)F)c2)nc2ccccc21. The number of nitrogens with zero attached hydrogens (tertiary/aromatic N) is 3. The van der Waals surface area contributed by atoms with Crippen molar-refractivity contribution in [3.05, 3.63) is 58.4 Å². The van der Waals surface area contributed by atoms with Gasteiger partial charge < -0.3 is 14.6 Å². The van der Waals surface area contributed by atoms with Gasteiger partial charge in [-0.25, -0.2) is 4.98 Å². The molecule has 0 saturated carbocycles. The maximum absolute atomic E-state index is 12.4. The summed E-state index contributed by atoms with van der Waals surface area (Å²) in [4.78, 5) is 14.6. The molecular weight excluding hydrogens is 334 g/mol. The predicted molar refractivity (Wildman–Crippen MR) is 87.8 cm³/mol. The number of para-hydroxylation sites is 2. The highest BCUT2D eigenvalue weighted by Gasteiger charge is 2.19. The van der Waals surface area contributed by atoms with Crippen LogP contribution in [-0.4, -0.2) is 21.1 Å². The number of hydrogen-bond acceptors (Lipinski definition) is 5. The third-order valence-electron chi connectivity index (χ3n) is 3.70. The van der Waals surface area contributed by atoms with Gasteiger partial charge in [-0.1, -0.05) is 12.1 Å². The number of rotatable bonds is 6. The van der Waals surface area contributed by atoms with Crippen LogP contribution in [0.5, 0.6) is 5.75 Å². The fourth-order valence-electron chi connectivity index (χ4n) is 2.50. The molecule has 0 bridgehead atoms. The van der Waals surface area contributed by atoms with E-state index in [9.17, 15) is 18.9 Å². The standard InChI is InChI=1S/C16H14F2N4O3/c1-21-12-5-3-2-4-11(12)20-15(21)9-19-10-6-7-13(22(23)24)14(8-10)25-16(17)18/h2-8,16,19H,9H2,1H3. The molecular formula is C16H14F2N4O3. The van der Waals surface area contributed by atoms with Crippen molar-refractivity contribution in [1.82, 2.24) is 9.55 Å². The highest BCUT2D eigenvalue weighted by molar-refractivity contribution is 5.75. The fourth-order valence-corrected chi connectivity index (χ4v) is 2.50. The lowest BCUT2D eigenvalue weighted by Crippen LogP contribution is -2.08. The number of nitro benzene ring substituents is 1. The Labute approximate surface area is 141 Å². The number of hydrogen-bond donors (Lipinski definition) is 1. The van der Waals surface area contributed by atoms with E-state index in [2.05, 4.69) is 15.0 Å². The summed E-state index contributed by atoms with van der Waals surface area (Å²) in [5.74, 6) is 0.242. The fraction of sp³-hybridized carbons (Fsp3) is 0.188. The largest absolute Gasteiger partial charge is 0.427 e. The second-order valence-corrected chi connectivity index (χ2v) is 5.25. The molecule has 0 aliphatic carbocycles. The van der Waals surface area contributed by atoms with Gasteiger partial charge in [0.25, 0.3) is 0 Å². The zero-order valence-corrected chi connectivity index (χ0v) is 13.1. The van der Waals surface area contributed by atoms with E-state index >= 15 is 0 Å². The average molecular weight is 348 g/mol. The zero-order chi connectivity index (χ0) is 18.0. The lowest BCUT2D eigenvalue weighted by Gasteiger charge is -2.10. The number of aromatic nitrogens is 2. The van der Waals surface area contributed by atoms with E-state index in [1.165, 1.54) is 12.1 Å². The highest BCUT2D eigenvalue weighted by atomic mass is 19.3. The Kier molecular flexibility index (Phi) is 4.46. The highest BCUT2D eigenvalue weighted by Crippen LogP contribution is 2.31. The Balaban J connectivity index is 1.82. The first-order chi connectivity index (χ1) is 12.0. The van der Waals surface area contributed by atoms with Crippen molar-refractivity contribution in [2.45, 2.75) is 13.2 Å². The van der Waals surface area contributed by atoms with Gasteiger partial charge in [-0.3, -0.25) is 10.1 Å². The van der Waals surface area contributed by atoms with Crippen molar-refractivity contribution in [2.24, 2.45) is 7.05 Å². The molecule has 0 fully saturated rings. The van der Waals surface area contributed by atoms with E-state index < -0.39 is 23.0 Å². The van der Waals surface area contributed by atoms with Crippen LogP contribution in [0.15, 0.2) is 42.5 Å². The molecule has 7 nitrogen and oxygen atoms in total. The van der Waals surface area contributed by atoms with Crippen LogP contribution in [0.1, 0.15) is 5.82 Å². The van der Waals surface area contributed by atoms with E-state index in [1.54, 1.807) is 0 Å². The maximum Gasteiger partial charge on any atom is 0.387 e. The molecule has 0 radical (unpaired) electrons. The molecule has 0 amide bonds. The van der Waals surface area contributed by atoms with Gasteiger partial charge in [0.2, 0.25) is 5.75 Å². The third-order valence-corrected chi connectivity index (χ3v) is 3.70. The van der Waals surface area contributed by atoms with E-state index in [0.717, 1.165) is 22.9 Å². The van der Waals surface area contributed by atoms with Crippen molar-refractivity contribution in [1.29, 1.82) is 0 Å². The minimum absolute atomic E-state index is 0.317. The molecule has 1 aromatic heterocycles. The van der Waals surface area contributed by atoms with Gasteiger partial charge in [0, 0.05) is 24.9 Å². The number of nitro groups is 1. The molecule has 3 aromatic rings. The first kappa shape index (κ1) is 16.6. The summed E-state index contributed by atoms with van der Waals surface area (Å²) in [5, 5.41) is 13.9. The number of nitrogens with one attached hydrogen (secondary N) is 1. The average Bonchev–Trinajstić information content (AvgIpc) is 2.89. The van der Waals surface area contributed by atoms with Crippen molar-refractivity contribution < 1.29 is 18.4 Å². The Morgan fingerprint density at radius 3 is 2.76 bits per heavy atom. The van der Waals surface area contributed by atoms with Crippen LogP contribution in [0.3, 0.4) is 0 Å². The van der Waals surface area contributed by atoms with Crippen LogP contribution in [-0.2, 0) is 13.6 Å². The van der Waals surface area contributed by atoms with Gasteiger partial charge in [-0.2, -0.15) is 8.78 Å². The second-order valence-electron chi connectivity index (χ2n) is 5.25. The smallest absolute Gasteiger partial charge is 0.387 e. The number of alkyl halides is 2. The maximum atomic E-state index is 12.4. The Hall–Kier alpha value is -3.23. The monoisotopic (exact) mass is 348 g/mol. The molecule has 0 aliphatic heterocycles. The summed E-state index contributed by atoms with van der Waals surface area (Å²) in [5.41, 5.74) is 1.69.